The summed E-state index contributed by atoms with van der Waals surface area (Å²) in [7, 11) is 0. The number of hydrogen-bond donors (Lipinski definition) is 2. The number of rotatable bonds is 7. The first-order valence-corrected chi connectivity index (χ1v) is 11.4. The van der Waals surface area contributed by atoms with Crippen molar-refractivity contribution in [2.75, 3.05) is 10.6 Å². The van der Waals surface area contributed by atoms with Gasteiger partial charge in [0.1, 0.15) is 12.4 Å². The molecule has 36 heavy (non-hydrogen) atoms. The average Bonchev–Trinajstić information content (AvgIpc) is 3.16. The molecule has 9 heteroatoms. The number of amides is 2. The number of nitrogens with zero attached hydrogens (tertiary/aromatic N) is 3. The van der Waals surface area contributed by atoms with Crippen LogP contribution in [0.25, 0.3) is 16.9 Å². The molecule has 0 saturated heterocycles. The molecule has 2 aromatic carbocycles. The van der Waals surface area contributed by atoms with E-state index in [-0.39, 0.29) is 18.0 Å². The molecule has 2 heterocycles. The first kappa shape index (κ1) is 24.6. The van der Waals surface area contributed by atoms with Crippen molar-refractivity contribution in [2.45, 2.75) is 33.7 Å². The molecule has 0 radical (unpaired) electrons. The van der Waals surface area contributed by atoms with Crippen molar-refractivity contribution in [3.05, 3.63) is 94.4 Å². The molecule has 4 rings (SSSR count). The second kappa shape index (κ2) is 9.99. The molecule has 4 aromatic rings. The van der Waals surface area contributed by atoms with E-state index in [1.165, 1.54) is 28.7 Å². The number of carbonyl (C=O) groups excluding carboxylic acids is 2. The molecule has 0 aliphatic carbocycles. The number of halogens is 1. The monoisotopic (exact) mass is 487 g/mol. The van der Waals surface area contributed by atoms with Crippen LogP contribution in [0.3, 0.4) is 0 Å². The van der Waals surface area contributed by atoms with Gasteiger partial charge >= 0.3 is 0 Å². The Morgan fingerprint density at radius 2 is 1.78 bits per heavy atom. The zero-order chi connectivity index (χ0) is 26.0. The smallest absolute Gasteiger partial charge is 0.267 e. The van der Waals surface area contributed by atoms with Gasteiger partial charge in [0.25, 0.3) is 5.56 Å². The van der Waals surface area contributed by atoms with Crippen LogP contribution in [0.4, 0.5) is 15.8 Å². The Bertz CT molecular complexity index is 1550. The van der Waals surface area contributed by atoms with E-state index in [0.717, 1.165) is 6.08 Å². The Kier molecular flexibility index (Phi) is 6.82. The molecule has 8 nitrogen and oxygen atoms in total. The highest BCUT2D eigenvalue weighted by Gasteiger charge is 2.24. The van der Waals surface area contributed by atoms with Gasteiger partial charge in [0.05, 0.1) is 11.3 Å². The van der Waals surface area contributed by atoms with Gasteiger partial charge in [-0.25, -0.2) is 13.8 Å². The van der Waals surface area contributed by atoms with Gasteiger partial charge in [0.15, 0.2) is 0 Å². The van der Waals surface area contributed by atoms with Crippen molar-refractivity contribution >= 4 is 29.0 Å². The third-order valence-electron chi connectivity index (χ3n) is 6.00. The van der Waals surface area contributed by atoms with Gasteiger partial charge in [0.2, 0.25) is 17.6 Å². The van der Waals surface area contributed by atoms with Crippen molar-refractivity contribution in [2.24, 2.45) is 0 Å². The van der Waals surface area contributed by atoms with Crippen LogP contribution < -0.4 is 16.2 Å². The van der Waals surface area contributed by atoms with Gasteiger partial charge in [-0.15, -0.1) is 0 Å². The van der Waals surface area contributed by atoms with Crippen molar-refractivity contribution < 1.29 is 14.0 Å². The SMILES string of the molecule is C=CC(=O)Nc1ccccc1-c1c(CC)n(CC(=O)Nc2ccc(F)cc2)c2nc(C)c(C)n2c1=O. The van der Waals surface area contributed by atoms with Crippen LogP contribution >= 0.6 is 0 Å². The molecular weight excluding hydrogens is 461 g/mol. The van der Waals surface area contributed by atoms with Gasteiger partial charge in [-0.2, -0.15) is 0 Å². The highest BCUT2D eigenvalue weighted by Crippen LogP contribution is 2.30. The van der Waals surface area contributed by atoms with E-state index in [1.54, 1.807) is 42.7 Å². The van der Waals surface area contributed by atoms with Crippen molar-refractivity contribution in [1.82, 2.24) is 14.0 Å². The summed E-state index contributed by atoms with van der Waals surface area (Å²) >= 11 is 0. The zero-order valence-corrected chi connectivity index (χ0v) is 20.3. The van der Waals surface area contributed by atoms with Crippen LogP contribution in [0.5, 0.6) is 0 Å². The maximum Gasteiger partial charge on any atom is 0.267 e. The van der Waals surface area contributed by atoms with Crippen molar-refractivity contribution in [1.29, 1.82) is 0 Å². The number of hydrogen-bond acceptors (Lipinski definition) is 4. The van der Waals surface area contributed by atoms with E-state index in [4.69, 9.17) is 0 Å². The zero-order valence-electron chi connectivity index (χ0n) is 20.3. The Morgan fingerprint density at radius 1 is 1.08 bits per heavy atom. The van der Waals surface area contributed by atoms with Crippen LogP contribution in [-0.2, 0) is 22.6 Å². The molecule has 2 aromatic heterocycles. The van der Waals surface area contributed by atoms with Crippen LogP contribution in [0, 0.1) is 19.7 Å². The molecule has 0 bridgehead atoms. The van der Waals surface area contributed by atoms with E-state index >= 15 is 0 Å². The fraction of sp³-hybridized carbons (Fsp3) is 0.185. The van der Waals surface area contributed by atoms with Gasteiger partial charge < -0.3 is 15.2 Å². The van der Waals surface area contributed by atoms with Crippen LogP contribution in [0.2, 0.25) is 0 Å². The van der Waals surface area contributed by atoms with E-state index in [1.807, 2.05) is 6.92 Å². The molecule has 0 spiro atoms. The average molecular weight is 488 g/mol. The number of aryl methyl sites for hydroxylation is 2. The van der Waals surface area contributed by atoms with E-state index in [0.29, 0.717) is 51.8 Å². The molecule has 0 atom stereocenters. The van der Waals surface area contributed by atoms with Crippen LogP contribution in [0.1, 0.15) is 24.0 Å². The number of benzene rings is 2. The van der Waals surface area contributed by atoms with E-state index < -0.39 is 11.7 Å². The number of carbonyl (C=O) groups is 2. The van der Waals surface area contributed by atoms with E-state index in [9.17, 15) is 18.8 Å². The minimum absolute atomic E-state index is 0.131. The molecule has 0 aliphatic rings. The lowest BCUT2D eigenvalue weighted by Gasteiger charge is -2.20. The summed E-state index contributed by atoms with van der Waals surface area (Å²) in [6.45, 7) is 8.84. The first-order chi connectivity index (χ1) is 17.2. The summed E-state index contributed by atoms with van der Waals surface area (Å²) in [6, 6.07) is 12.5. The second-order valence-corrected chi connectivity index (χ2v) is 8.28. The van der Waals surface area contributed by atoms with Gasteiger partial charge in [-0.3, -0.25) is 14.4 Å². The standard InChI is InChI=1S/C27H26FN5O3/c1-5-22-25(20-9-7-8-10-21(20)31-23(34)6-2)26(36)33-17(4)16(3)29-27(33)32(22)15-24(35)30-19-13-11-18(28)12-14-19/h6-14H,2,5,15H2,1,3-4H3,(H,30,35)(H,31,34). The number of imidazole rings is 1. The predicted octanol–water partition coefficient (Wildman–Crippen LogP) is 4.24. The number of nitrogens with one attached hydrogen (secondary N) is 2. The topological polar surface area (TPSA) is 97.5 Å². The molecule has 2 amide bonds. The predicted molar refractivity (Wildman–Crippen MR) is 138 cm³/mol. The molecule has 0 aliphatic heterocycles. The summed E-state index contributed by atoms with van der Waals surface area (Å²) in [5.41, 5.74) is 3.39. The molecule has 0 unspecified atom stereocenters. The lowest BCUT2D eigenvalue weighted by molar-refractivity contribution is -0.116. The van der Waals surface area contributed by atoms with Gasteiger partial charge in [-0.05, 0) is 56.7 Å². The van der Waals surface area contributed by atoms with Crippen LogP contribution in [0.15, 0.2) is 66.0 Å². The molecule has 184 valence electrons. The largest absolute Gasteiger partial charge is 0.325 e. The van der Waals surface area contributed by atoms with Gasteiger partial charge in [0, 0.05) is 28.3 Å². The Labute approximate surface area is 207 Å². The van der Waals surface area contributed by atoms with Crippen molar-refractivity contribution in [3.63, 3.8) is 0 Å². The maximum absolute atomic E-state index is 13.9. The highest BCUT2D eigenvalue weighted by atomic mass is 19.1. The lowest BCUT2D eigenvalue weighted by atomic mass is 10.0. The Morgan fingerprint density at radius 3 is 2.44 bits per heavy atom. The fourth-order valence-corrected chi connectivity index (χ4v) is 4.18. The summed E-state index contributed by atoms with van der Waals surface area (Å²) < 4.78 is 16.5. The third-order valence-corrected chi connectivity index (χ3v) is 6.00. The first-order valence-electron chi connectivity index (χ1n) is 11.4. The Hall–Kier alpha value is -4.53. The highest BCUT2D eigenvalue weighted by molar-refractivity contribution is 6.02. The summed E-state index contributed by atoms with van der Waals surface area (Å²) in [5.74, 6) is -0.828. The number of anilines is 2. The summed E-state index contributed by atoms with van der Waals surface area (Å²) in [4.78, 5) is 43.6. The summed E-state index contributed by atoms with van der Waals surface area (Å²) in [6.07, 6.45) is 1.57. The quantitative estimate of drug-likeness (QED) is 0.381. The minimum atomic E-state index is -0.407. The summed E-state index contributed by atoms with van der Waals surface area (Å²) in [5, 5.41) is 5.53. The maximum atomic E-state index is 13.9. The molecule has 0 saturated carbocycles. The number of fused-ring (bicyclic) bond motifs is 1. The van der Waals surface area contributed by atoms with Crippen LogP contribution in [-0.4, -0.2) is 25.8 Å². The number of aromatic nitrogens is 3. The Balaban J connectivity index is 1.92. The van der Waals surface area contributed by atoms with Gasteiger partial charge in [-0.1, -0.05) is 31.7 Å². The minimum Gasteiger partial charge on any atom is -0.325 e. The number of para-hydroxylation sites is 1. The normalized spacial score (nSPS) is 10.9. The fourth-order valence-electron chi connectivity index (χ4n) is 4.18. The third kappa shape index (κ3) is 4.55. The molecule has 2 N–H and O–H groups in total. The molecule has 0 fully saturated rings. The lowest BCUT2D eigenvalue weighted by Crippen LogP contribution is -2.29. The van der Waals surface area contributed by atoms with Crippen molar-refractivity contribution in [3.8, 4) is 11.1 Å². The van der Waals surface area contributed by atoms with E-state index in [2.05, 4.69) is 22.2 Å². The second-order valence-electron chi connectivity index (χ2n) is 8.28. The molecular formula is C27H26FN5O3.